The second-order valence-corrected chi connectivity index (χ2v) is 9.92. The van der Waals surface area contributed by atoms with Crippen molar-refractivity contribution in [2.45, 2.75) is 37.6 Å². The lowest BCUT2D eigenvalue weighted by molar-refractivity contribution is 0.370. The molecule has 164 valence electrons. The molecule has 0 aromatic heterocycles. The van der Waals surface area contributed by atoms with E-state index in [1.54, 1.807) is 36.4 Å². The van der Waals surface area contributed by atoms with E-state index in [1.807, 2.05) is 24.3 Å². The van der Waals surface area contributed by atoms with Crippen molar-refractivity contribution < 1.29 is 18.3 Å². The highest BCUT2D eigenvalue weighted by Crippen LogP contribution is 2.32. The number of rotatable bonds is 7. The molecule has 6 nitrogen and oxygen atoms in total. The van der Waals surface area contributed by atoms with Crippen molar-refractivity contribution in [1.82, 2.24) is 4.83 Å². The summed E-state index contributed by atoms with van der Waals surface area (Å²) >= 11 is 0. The summed E-state index contributed by atoms with van der Waals surface area (Å²) < 4.78 is 31.3. The number of sulfonamides is 1. The van der Waals surface area contributed by atoms with Gasteiger partial charge < -0.3 is 9.84 Å². The van der Waals surface area contributed by atoms with Crippen molar-refractivity contribution >= 4 is 15.7 Å². The van der Waals surface area contributed by atoms with Crippen molar-refractivity contribution in [2.75, 3.05) is 12.1 Å². The first-order valence-electron chi connectivity index (χ1n) is 9.92. The van der Waals surface area contributed by atoms with Crippen LogP contribution in [0, 0.1) is 0 Å². The Hall–Kier alpha value is -3.03. The molecular formula is C24H28N2O4S. The van der Waals surface area contributed by atoms with Gasteiger partial charge in [0.15, 0.2) is 11.5 Å². The summed E-state index contributed by atoms with van der Waals surface area (Å²) in [4.78, 5) is 2.83. The van der Waals surface area contributed by atoms with Gasteiger partial charge in [0, 0.05) is 5.56 Å². The van der Waals surface area contributed by atoms with Crippen LogP contribution in [-0.2, 0) is 22.0 Å². The van der Waals surface area contributed by atoms with E-state index in [0.29, 0.717) is 17.0 Å². The number of methoxy groups -OCH3 is 1. The van der Waals surface area contributed by atoms with Gasteiger partial charge in [-0.25, -0.2) is 8.42 Å². The Balaban J connectivity index is 2.05. The van der Waals surface area contributed by atoms with Crippen LogP contribution in [-0.4, -0.2) is 20.6 Å². The zero-order valence-corrected chi connectivity index (χ0v) is 19.0. The number of hydrazine groups is 1. The maximum absolute atomic E-state index is 13.1. The Bertz CT molecular complexity index is 1140. The first-order valence-corrected chi connectivity index (χ1v) is 11.4. The maximum atomic E-state index is 13.1. The summed E-state index contributed by atoms with van der Waals surface area (Å²) in [5, 5.41) is 12.1. The molecule has 0 fully saturated rings. The number of hydrogen-bond donors (Lipinski definition) is 2. The number of aromatic hydroxyl groups is 1. The molecule has 0 spiro atoms. The van der Waals surface area contributed by atoms with Crippen LogP contribution in [0.3, 0.4) is 0 Å². The van der Waals surface area contributed by atoms with Gasteiger partial charge in [-0.15, -0.1) is 4.83 Å². The molecule has 0 bridgehead atoms. The van der Waals surface area contributed by atoms with Crippen LogP contribution in [0.15, 0.2) is 77.7 Å². The van der Waals surface area contributed by atoms with Gasteiger partial charge in [-0.3, -0.25) is 5.01 Å². The van der Waals surface area contributed by atoms with Gasteiger partial charge in [0.05, 0.1) is 24.2 Å². The van der Waals surface area contributed by atoms with Crippen molar-refractivity contribution in [3.63, 3.8) is 0 Å². The number of para-hydroxylation sites is 1. The molecule has 0 saturated carbocycles. The SMILES string of the molecule is COc1cccc(CN(NS(=O)(=O)c2ccccc2)c2cccc(C(C)(C)C)c2)c1O. The van der Waals surface area contributed by atoms with Crippen LogP contribution in [0.1, 0.15) is 31.9 Å². The zero-order valence-electron chi connectivity index (χ0n) is 18.2. The summed E-state index contributed by atoms with van der Waals surface area (Å²) in [6.45, 7) is 6.39. The van der Waals surface area contributed by atoms with Gasteiger partial charge in [-0.2, -0.15) is 0 Å². The lowest BCUT2D eigenvalue weighted by atomic mass is 9.87. The van der Waals surface area contributed by atoms with Crippen LogP contribution >= 0.6 is 0 Å². The number of ether oxygens (including phenoxy) is 1. The molecule has 0 saturated heterocycles. The summed E-state index contributed by atoms with van der Waals surface area (Å²) in [5.41, 5.74) is 2.13. The largest absolute Gasteiger partial charge is 0.504 e. The van der Waals surface area contributed by atoms with Gasteiger partial charge in [-0.1, -0.05) is 63.2 Å². The predicted molar refractivity (Wildman–Crippen MR) is 123 cm³/mol. The first-order chi connectivity index (χ1) is 14.6. The normalized spacial score (nSPS) is 11.9. The second kappa shape index (κ2) is 8.99. The molecule has 0 aliphatic rings. The molecule has 7 heteroatoms. The minimum Gasteiger partial charge on any atom is -0.504 e. The fourth-order valence-corrected chi connectivity index (χ4v) is 4.23. The maximum Gasteiger partial charge on any atom is 0.257 e. The van der Waals surface area contributed by atoms with Crippen molar-refractivity contribution in [1.29, 1.82) is 0 Å². The van der Waals surface area contributed by atoms with E-state index >= 15 is 0 Å². The van der Waals surface area contributed by atoms with Gasteiger partial charge >= 0.3 is 0 Å². The molecule has 0 amide bonds. The van der Waals surface area contributed by atoms with Crippen LogP contribution in [0.25, 0.3) is 0 Å². The van der Waals surface area contributed by atoms with Crippen molar-refractivity contribution in [3.05, 3.63) is 83.9 Å². The van der Waals surface area contributed by atoms with E-state index in [4.69, 9.17) is 4.74 Å². The van der Waals surface area contributed by atoms with Gasteiger partial charge in [0.2, 0.25) is 0 Å². The monoisotopic (exact) mass is 440 g/mol. The van der Waals surface area contributed by atoms with Crippen molar-refractivity contribution in [3.8, 4) is 11.5 Å². The van der Waals surface area contributed by atoms with E-state index in [0.717, 1.165) is 5.56 Å². The molecule has 31 heavy (non-hydrogen) atoms. The summed E-state index contributed by atoms with van der Waals surface area (Å²) in [7, 11) is -2.37. The highest BCUT2D eigenvalue weighted by Gasteiger charge is 2.22. The average molecular weight is 441 g/mol. The van der Waals surface area contributed by atoms with E-state index in [1.165, 1.54) is 24.3 Å². The Labute approximate surface area is 184 Å². The predicted octanol–water partition coefficient (Wildman–Crippen LogP) is 4.60. The average Bonchev–Trinajstić information content (AvgIpc) is 2.74. The number of hydrogen-bond acceptors (Lipinski definition) is 5. The number of phenolic OH excluding ortho intramolecular Hbond substituents is 1. The third kappa shape index (κ3) is 5.37. The van der Waals surface area contributed by atoms with E-state index < -0.39 is 10.0 Å². The molecule has 0 radical (unpaired) electrons. The van der Waals surface area contributed by atoms with E-state index in [2.05, 4.69) is 25.6 Å². The Morgan fingerprint density at radius 3 is 2.29 bits per heavy atom. The second-order valence-electron chi connectivity index (χ2n) is 8.26. The lowest BCUT2D eigenvalue weighted by Crippen LogP contribution is -2.42. The third-order valence-electron chi connectivity index (χ3n) is 4.94. The number of phenols is 1. The molecular weight excluding hydrogens is 412 g/mol. The molecule has 3 aromatic rings. The summed E-state index contributed by atoms with van der Waals surface area (Å²) in [5.74, 6) is 0.299. The van der Waals surface area contributed by atoms with Gasteiger partial charge in [0.25, 0.3) is 10.0 Å². The highest BCUT2D eigenvalue weighted by molar-refractivity contribution is 7.89. The summed E-state index contributed by atoms with van der Waals surface area (Å²) in [6, 6.07) is 21.0. The molecule has 0 unspecified atom stereocenters. The van der Waals surface area contributed by atoms with Crippen LogP contribution in [0.4, 0.5) is 5.69 Å². The zero-order chi connectivity index (χ0) is 22.6. The first kappa shape index (κ1) is 22.7. The van der Waals surface area contributed by atoms with Gasteiger partial charge in [0.1, 0.15) is 0 Å². The number of benzene rings is 3. The standard InChI is InChI=1S/C24H28N2O4S/c1-24(2,3)19-11-9-12-20(16-19)26(17-18-10-8-15-22(30-4)23(18)27)25-31(28,29)21-13-6-5-7-14-21/h5-16,25,27H,17H2,1-4H3. The van der Waals surface area contributed by atoms with Gasteiger partial charge in [-0.05, 0) is 41.3 Å². The Kier molecular flexibility index (Phi) is 6.57. The Morgan fingerprint density at radius 1 is 0.968 bits per heavy atom. The minimum atomic E-state index is -3.84. The minimum absolute atomic E-state index is 0.0270. The quantitative estimate of drug-likeness (QED) is 0.525. The molecule has 0 atom stereocenters. The molecule has 2 N–H and O–H groups in total. The van der Waals surface area contributed by atoms with Crippen molar-refractivity contribution in [2.24, 2.45) is 0 Å². The fraction of sp³-hybridized carbons (Fsp3) is 0.250. The molecule has 0 aliphatic carbocycles. The lowest BCUT2D eigenvalue weighted by Gasteiger charge is -2.28. The molecule has 0 aliphatic heterocycles. The molecule has 3 rings (SSSR count). The smallest absolute Gasteiger partial charge is 0.257 e. The van der Waals surface area contributed by atoms with Crippen LogP contribution < -0.4 is 14.6 Å². The van der Waals surface area contributed by atoms with E-state index in [9.17, 15) is 13.5 Å². The number of nitrogens with one attached hydrogen (secondary N) is 1. The Morgan fingerprint density at radius 2 is 1.65 bits per heavy atom. The fourth-order valence-electron chi connectivity index (χ4n) is 3.14. The topological polar surface area (TPSA) is 78.9 Å². The molecule has 3 aromatic carbocycles. The van der Waals surface area contributed by atoms with Crippen LogP contribution in [0.5, 0.6) is 11.5 Å². The number of anilines is 1. The van der Waals surface area contributed by atoms with Crippen LogP contribution in [0.2, 0.25) is 0 Å². The van der Waals surface area contributed by atoms with E-state index in [-0.39, 0.29) is 22.6 Å². The highest BCUT2D eigenvalue weighted by atomic mass is 32.2. The summed E-state index contributed by atoms with van der Waals surface area (Å²) in [6.07, 6.45) is 0. The number of nitrogens with zero attached hydrogens (tertiary/aromatic N) is 1. The third-order valence-corrected chi connectivity index (χ3v) is 6.29. The molecule has 0 heterocycles.